The van der Waals surface area contributed by atoms with E-state index < -0.39 is 0 Å². The Morgan fingerprint density at radius 2 is 2.25 bits per heavy atom. The quantitative estimate of drug-likeness (QED) is 0.692. The molecule has 0 N–H and O–H groups in total. The third-order valence-corrected chi connectivity index (χ3v) is 2.72. The number of hydrogen-bond donors (Lipinski definition) is 0. The molecule has 1 rings (SSSR count). The number of nitrogens with zero attached hydrogens (tertiary/aromatic N) is 1. The third-order valence-electron chi connectivity index (χ3n) is 2.72. The highest BCUT2D eigenvalue weighted by molar-refractivity contribution is 5.77. The maximum absolute atomic E-state index is 11.7. The molecule has 16 heavy (non-hydrogen) atoms. The second-order valence-electron chi connectivity index (χ2n) is 4.11. The maximum atomic E-state index is 11.7. The summed E-state index contributed by atoms with van der Waals surface area (Å²) in [5.41, 5.74) is 0. The van der Waals surface area contributed by atoms with Crippen molar-refractivity contribution >= 4 is 5.91 Å². The minimum absolute atomic E-state index is 0.0895. The highest BCUT2D eigenvalue weighted by Crippen LogP contribution is 2.13. The molecule has 0 aromatic rings. The van der Waals surface area contributed by atoms with Crippen LogP contribution < -0.4 is 0 Å². The van der Waals surface area contributed by atoms with Gasteiger partial charge in [0.05, 0.1) is 6.10 Å². The number of rotatable bonds is 6. The molecule has 1 unspecified atom stereocenters. The van der Waals surface area contributed by atoms with E-state index in [0.717, 1.165) is 39.0 Å². The van der Waals surface area contributed by atoms with Crippen molar-refractivity contribution in [3.8, 4) is 0 Å². The fraction of sp³-hybridized carbons (Fsp3) is 0.917. The van der Waals surface area contributed by atoms with E-state index >= 15 is 0 Å². The SMILES string of the molecule is CCCOC1CCCN(C(=O)COCC)C1. The van der Waals surface area contributed by atoms with Gasteiger partial charge in [-0.3, -0.25) is 4.79 Å². The van der Waals surface area contributed by atoms with E-state index in [1.807, 2.05) is 11.8 Å². The molecule has 1 fully saturated rings. The average Bonchev–Trinajstić information content (AvgIpc) is 2.33. The van der Waals surface area contributed by atoms with Crippen molar-refractivity contribution in [1.29, 1.82) is 0 Å². The van der Waals surface area contributed by atoms with Crippen LogP contribution >= 0.6 is 0 Å². The molecule has 1 aliphatic heterocycles. The van der Waals surface area contributed by atoms with Crippen molar-refractivity contribution in [1.82, 2.24) is 4.90 Å². The van der Waals surface area contributed by atoms with Gasteiger partial charge in [0.15, 0.2) is 0 Å². The Bertz CT molecular complexity index is 208. The Labute approximate surface area is 97.9 Å². The number of carbonyl (C=O) groups is 1. The van der Waals surface area contributed by atoms with Crippen molar-refractivity contribution in [2.75, 3.05) is 32.9 Å². The predicted molar refractivity (Wildman–Crippen MR) is 62.3 cm³/mol. The van der Waals surface area contributed by atoms with Crippen LogP contribution in [0, 0.1) is 0 Å². The van der Waals surface area contributed by atoms with E-state index in [-0.39, 0.29) is 18.6 Å². The lowest BCUT2D eigenvalue weighted by atomic mass is 10.1. The Morgan fingerprint density at radius 3 is 2.94 bits per heavy atom. The van der Waals surface area contributed by atoms with Gasteiger partial charge in [-0.2, -0.15) is 0 Å². The van der Waals surface area contributed by atoms with Gasteiger partial charge in [-0.25, -0.2) is 0 Å². The van der Waals surface area contributed by atoms with Crippen LogP contribution in [-0.4, -0.2) is 49.8 Å². The first-order valence-corrected chi connectivity index (χ1v) is 6.25. The second kappa shape index (κ2) is 7.63. The highest BCUT2D eigenvalue weighted by Gasteiger charge is 2.23. The van der Waals surface area contributed by atoms with E-state index in [1.54, 1.807) is 0 Å². The molecule has 0 radical (unpaired) electrons. The zero-order valence-electron chi connectivity index (χ0n) is 10.4. The highest BCUT2D eigenvalue weighted by atomic mass is 16.5. The molecule has 0 saturated carbocycles. The largest absolute Gasteiger partial charge is 0.376 e. The van der Waals surface area contributed by atoms with E-state index in [1.165, 1.54) is 0 Å². The molecule has 1 amide bonds. The number of amides is 1. The molecule has 94 valence electrons. The Hall–Kier alpha value is -0.610. The van der Waals surface area contributed by atoms with Crippen molar-refractivity contribution in [2.24, 2.45) is 0 Å². The number of likely N-dealkylation sites (tertiary alicyclic amines) is 1. The van der Waals surface area contributed by atoms with Crippen LogP contribution in [0.15, 0.2) is 0 Å². The number of ether oxygens (including phenoxy) is 2. The van der Waals surface area contributed by atoms with Crippen LogP contribution in [0.4, 0.5) is 0 Å². The normalized spacial score (nSPS) is 21.1. The molecular weight excluding hydrogens is 206 g/mol. The number of piperidine rings is 1. The van der Waals surface area contributed by atoms with Crippen LogP contribution in [0.3, 0.4) is 0 Å². The molecule has 0 bridgehead atoms. The summed E-state index contributed by atoms with van der Waals surface area (Å²) in [7, 11) is 0. The van der Waals surface area contributed by atoms with E-state index in [4.69, 9.17) is 9.47 Å². The third kappa shape index (κ3) is 4.49. The van der Waals surface area contributed by atoms with Crippen LogP contribution in [0.1, 0.15) is 33.1 Å². The summed E-state index contributed by atoms with van der Waals surface area (Å²) in [6, 6.07) is 0. The van der Waals surface area contributed by atoms with Crippen molar-refractivity contribution in [2.45, 2.75) is 39.2 Å². The van der Waals surface area contributed by atoms with Gasteiger partial charge in [0.25, 0.3) is 0 Å². The standard InChI is InChI=1S/C12H23NO3/c1-3-8-16-11-6-5-7-13(9-11)12(14)10-15-4-2/h11H,3-10H2,1-2H3. The lowest BCUT2D eigenvalue weighted by Gasteiger charge is -2.32. The van der Waals surface area contributed by atoms with Gasteiger partial charge in [-0.05, 0) is 26.2 Å². The zero-order chi connectivity index (χ0) is 11.8. The Morgan fingerprint density at radius 1 is 1.44 bits per heavy atom. The molecule has 4 nitrogen and oxygen atoms in total. The smallest absolute Gasteiger partial charge is 0.248 e. The molecule has 4 heteroatoms. The van der Waals surface area contributed by atoms with Crippen molar-refractivity contribution in [3.63, 3.8) is 0 Å². The summed E-state index contributed by atoms with van der Waals surface area (Å²) in [5, 5.41) is 0. The average molecular weight is 229 g/mol. The van der Waals surface area contributed by atoms with Gasteiger partial charge >= 0.3 is 0 Å². The summed E-state index contributed by atoms with van der Waals surface area (Å²) >= 11 is 0. The van der Waals surface area contributed by atoms with Gasteiger partial charge in [-0.15, -0.1) is 0 Å². The Balaban J connectivity index is 2.28. The Kier molecular flexibility index (Phi) is 6.42. The first kappa shape index (κ1) is 13.5. The number of carbonyl (C=O) groups excluding carboxylic acids is 1. The fourth-order valence-electron chi connectivity index (χ4n) is 1.87. The van der Waals surface area contributed by atoms with Gasteiger partial charge in [-0.1, -0.05) is 6.92 Å². The molecule has 0 aromatic carbocycles. The van der Waals surface area contributed by atoms with Crippen molar-refractivity contribution in [3.05, 3.63) is 0 Å². The zero-order valence-corrected chi connectivity index (χ0v) is 10.4. The maximum Gasteiger partial charge on any atom is 0.248 e. The molecule has 0 aromatic heterocycles. The lowest BCUT2D eigenvalue weighted by Crippen LogP contribution is -2.44. The topological polar surface area (TPSA) is 38.8 Å². The lowest BCUT2D eigenvalue weighted by molar-refractivity contribution is -0.140. The summed E-state index contributed by atoms with van der Waals surface area (Å²) in [5.74, 6) is 0.0895. The first-order valence-electron chi connectivity index (χ1n) is 6.25. The van der Waals surface area contributed by atoms with Gasteiger partial charge in [0, 0.05) is 26.3 Å². The van der Waals surface area contributed by atoms with Gasteiger partial charge in [0.1, 0.15) is 6.61 Å². The van der Waals surface area contributed by atoms with Crippen LogP contribution in [0.25, 0.3) is 0 Å². The van der Waals surface area contributed by atoms with Gasteiger partial charge in [0.2, 0.25) is 5.91 Å². The molecule has 1 aliphatic rings. The summed E-state index contributed by atoms with van der Waals surface area (Å²) in [6.07, 6.45) is 3.35. The van der Waals surface area contributed by atoms with Crippen LogP contribution in [0.2, 0.25) is 0 Å². The molecule has 1 saturated heterocycles. The van der Waals surface area contributed by atoms with E-state index in [0.29, 0.717) is 6.61 Å². The van der Waals surface area contributed by atoms with E-state index in [9.17, 15) is 4.79 Å². The minimum atomic E-state index is 0.0895. The summed E-state index contributed by atoms with van der Waals surface area (Å²) in [4.78, 5) is 13.6. The first-order chi connectivity index (χ1) is 7.77. The summed E-state index contributed by atoms with van der Waals surface area (Å²) in [6.45, 7) is 7.16. The second-order valence-corrected chi connectivity index (χ2v) is 4.11. The van der Waals surface area contributed by atoms with E-state index in [2.05, 4.69) is 6.92 Å². The molecule has 1 heterocycles. The monoisotopic (exact) mass is 229 g/mol. The minimum Gasteiger partial charge on any atom is -0.376 e. The molecule has 1 atom stereocenters. The molecule has 0 aliphatic carbocycles. The summed E-state index contributed by atoms with van der Waals surface area (Å²) < 4.78 is 10.8. The number of hydrogen-bond acceptors (Lipinski definition) is 3. The van der Waals surface area contributed by atoms with Crippen LogP contribution in [-0.2, 0) is 14.3 Å². The molecule has 0 spiro atoms. The van der Waals surface area contributed by atoms with Gasteiger partial charge < -0.3 is 14.4 Å². The fourth-order valence-corrected chi connectivity index (χ4v) is 1.87. The molecular formula is C12H23NO3. The predicted octanol–water partition coefficient (Wildman–Crippen LogP) is 1.44. The van der Waals surface area contributed by atoms with Crippen molar-refractivity contribution < 1.29 is 14.3 Å². The van der Waals surface area contributed by atoms with Crippen LogP contribution in [0.5, 0.6) is 0 Å².